The highest BCUT2D eigenvalue weighted by atomic mass is 35.5. The smallest absolute Gasteiger partial charge is 0.346 e. The zero-order valence-electron chi connectivity index (χ0n) is 13.8. The van der Waals surface area contributed by atoms with E-state index < -0.39 is 11.7 Å². The Hall–Kier alpha value is -2.32. The number of hydrogen-bond acceptors (Lipinski definition) is 6. The molecule has 0 saturated carbocycles. The van der Waals surface area contributed by atoms with E-state index in [0.29, 0.717) is 16.4 Å². The molecule has 1 heterocycles. The van der Waals surface area contributed by atoms with E-state index >= 15 is 0 Å². The van der Waals surface area contributed by atoms with Crippen LogP contribution >= 0.6 is 23.4 Å². The number of anilines is 1. The Kier molecular flexibility index (Phi) is 6.22. The summed E-state index contributed by atoms with van der Waals surface area (Å²) >= 11 is 7.00. The van der Waals surface area contributed by atoms with Crippen LogP contribution in [0.25, 0.3) is 0 Å². The van der Waals surface area contributed by atoms with Gasteiger partial charge in [-0.25, -0.2) is 9.59 Å². The summed E-state index contributed by atoms with van der Waals surface area (Å²) < 4.78 is 4.69. The number of rotatable bonds is 5. The van der Waals surface area contributed by atoms with Crippen LogP contribution in [0.3, 0.4) is 0 Å². The molecule has 0 aliphatic carbocycles. The lowest BCUT2D eigenvalue weighted by molar-refractivity contribution is -0.113. The van der Waals surface area contributed by atoms with Gasteiger partial charge in [0.1, 0.15) is 10.6 Å². The molecular weight excluding hydrogens is 366 g/mol. The van der Waals surface area contributed by atoms with Gasteiger partial charge in [-0.3, -0.25) is 4.79 Å². The summed E-state index contributed by atoms with van der Waals surface area (Å²) in [7, 11) is 1.23. The molecule has 0 saturated heterocycles. The van der Waals surface area contributed by atoms with E-state index in [2.05, 4.69) is 15.3 Å². The van der Waals surface area contributed by atoms with Crippen molar-refractivity contribution in [2.75, 3.05) is 18.2 Å². The zero-order valence-corrected chi connectivity index (χ0v) is 15.4. The first-order valence-corrected chi connectivity index (χ1v) is 8.56. The highest BCUT2D eigenvalue weighted by Crippen LogP contribution is 2.23. The predicted molar refractivity (Wildman–Crippen MR) is 96.5 cm³/mol. The minimum absolute atomic E-state index is 0.0363. The number of nitrogens with zero attached hydrogens (tertiary/aromatic N) is 1. The van der Waals surface area contributed by atoms with Crippen molar-refractivity contribution in [3.8, 4) is 0 Å². The Labute approximate surface area is 153 Å². The second kappa shape index (κ2) is 8.17. The van der Waals surface area contributed by atoms with Crippen LogP contribution in [-0.2, 0) is 9.53 Å². The van der Waals surface area contributed by atoms with Crippen molar-refractivity contribution >= 4 is 40.9 Å². The van der Waals surface area contributed by atoms with Gasteiger partial charge in [0.05, 0.1) is 12.9 Å². The maximum Gasteiger partial charge on any atom is 0.346 e. The van der Waals surface area contributed by atoms with Gasteiger partial charge in [0.2, 0.25) is 5.91 Å². The molecule has 9 heteroatoms. The standard InChI is InChI=1S/C16H16ClN3O4S/c1-8-4-5-10(6-11(8)17)19-12(21)7-25-14-13(15(22)24-3)9(2)18-16(23)20-14/h4-6H,7H2,1-3H3,(H,19,21)(H,18,20,23). The topological polar surface area (TPSA) is 101 Å². The highest BCUT2D eigenvalue weighted by molar-refractivity contribution is 8.00. The number of methoxy groups -OCH3 is 1. The van der Waals surface area contributed by atoms with Crippen molar-refractivity contribution in [3.05, 3.63) is 50.5 Å². The summed E-state index contributed by atoms with van der Waals surface area (Å²) in [6, 6.07) is 5.18. The number of carbonyl (C=O) groups excluding carboxylic acids is 2. The summed E-state index contributed by atoms with van der Waals surface area (Å²) in [4.78, 5) is 41.7. The Morgan fingerprint density at radius 2 is 2.08 bits per heavy atom. The van der Waals surface area contributed by atoms with E-state index in [4.69, 9.17) is 16.3 Å². The largest absolute Gasteiger partial charge is 0.465 e. The van der Waals surface area contributed by atoms with Crippen LogP contribution < -0.4 is 11.0 Å². The maximum absolute atomic E-state index is 12.1. The van der Waals surface area contributed by atoms with Crippen LogP contribution in [0.5, 0.6) is 0 Å². The van der Waals surface area contributed by atoms with Gasteiger partial charge >= 0.3 is 11.7 Å². The minimum atomic E-state index is -0.630. The molecule has 2 aromatic rings. The van der Waals surface area contributed by atoms with E-state index in [1.54, 1.807) is 25.1 Å². The van der Waals surface area contributed by atoms with Crippen molar-refractivity contribution in [3.63, 3.8) is 0 Å². The average molecular weight is 382 g/mol. The third kappa shape index (κ3) is 4.83. The average Bonchev–Trinajstić information content (AvgIpc) is 2.55. The van der Waals surface area contributed by atoms with Crippen LogP contribution in [-0.4, -0.2) is 34.7 Å². The Balaban J connectivity index is 2.12. The lowest BCUT2D eigenvalue weighted by atomic mass is 10.2. The monoisotopic (exact) mass is 381 g/mol. The lowest BCUT2D eigenvalue weighted by Crippen LogP contribution is -2.20. The molecule has 1 aromatic carbocycles. The molecule has 0 aliphatic rings. The SMILES string of the molecule is COC(=O)c1c(SCC(=O)Nc2ccc(C)c(Cl)c2)nc(=O)[nH]c1C. The molecule has 0 fully saturated rings. The Bertz CT molecular complexity index is 882. The fraction of sp³-hybridized carbons (Fsp3) is 0.250. The molecule has 0 spiro atoms. The van der Waals surface area contributed by atoms with Gasteiger partial charge in [-0.2, -0.15) is 4.98 Å². The first-order chi connectivity index (χ1) is 11.8. The zero-order chi connectivity index (χ0) is 18.6. The number of benzene rings is 1. The summed E-state index contributed by atoms with van der Waals surface area (Å²) in [5.74, 6) is -0.985. The number of nitrogens with one attached hydrogen (secondary N) is 2. The number of thioether (sulfide) groups is 1. The number of hydrogen-bond donors (Lipinski definition) is 2. The first kappa shape index (κ1) is 19.0. The fourth-order valence-corrected chi connectivity index (χ4v) is 3.06. The van der Waals surface area contributed by atoms with Crippen molar-refractivity contribution in [1.82, 2.24) is 9.97 Å². The molecule has 0 unspecified atom stereocenters. The summed E-state index contributed by atoms with van der Waals surface area (Å²) in [5.41, 5.74) is 1.33. The molecule has 0 bridgehead atoms. The molecule has 2 rings (SSSR count). The van der Waals surface area contributed by atoms with Crippen LogP contribution in [0.15, 0.2) is 28.0 Å². The molecule has 0 aliphatic heterocycles. The normalized spacial score (nSPS) is 10.4. The highest BCUT2D eigenvalue weighted by Gasteiger charge is 2.19. The number of amides is 1. The third-order valence-corrected chi connectivity index (χ3v) is 4.65. The number of aryl methyl sites for hydroxylation is 2. The van der Waals surface area contributed by atoms with Crippen molar-refractivity contribution < 1.29 is 14.3 Å². The van der Waals surface area contributed by atoms with Crippen molar-refractivity contribution in [2.24, 2.45) is 0 Å². The van der Waals surface area contributed by atoms with E-state index in [-0.39, 0.29) is 22.2 Å². The van der Waals surface area contributed by atoms with Crippen LogP contribution in [0, 0.1) is 13.8 Å². The van der Waals surface area contributed by atoms with E-state index in [9.17, 15) is 14.4 Å². The molecule has 0 atom stereocenters. The number of halogens is 1. The molecular formula is C16H16ClN3O4S. The first-order valence-electron chi connectivity index (χ1n) is 7.20. The second-order valence-corrected chi connectivity index (χ2v) is 6.51. The van der Waals surface area contributed by atoms with E-state index in [0.717, 1.165) is 17.3 Å². The Morgan fingerprint density at radius 1 is 1.36 bits per heavy atom. The quantitative estimate of drug-likeness (QED) is 0.469. The molecule has 7 nitrogen and oxygen atoms in total. The summed E-state index contributed by atoms with van der Waals surface area (Å²) in [6.07, 6.45) is 0. The molecule has 2 N–H and O–H groups in total. The number of H-pyrrole nitrogens is 1. The Morgan fingerprint density at radius 3 is 2.72 bits per heavy atom. The number of ether oxygens (including phenoxy) is 1. The van der Waals surface area contributed by atoms with Gasteiger partial charge in [-0.05, 0) is 31.5 Å². The third-order valence-electron chi connectivity index (χ3n) is 3.27. The lowest BCUT2D eigenvalue weighted by Gasteiger charge is -2.09. The van der Waals surface area contributed by atoms with Crippen LogP contribution in [0.1, 0.15) is 21.6 Å². The van der Waals surface area contributed by atoms with Gasteiger partial charge in [-0.1, -0.05) is 29.4 Å². The number of carbonyl (C=O) groups is 2. The molecule has 132 valence electrons. The minimum Gasteiger partial charge on any atom is -0.465 e. The maximum atomic E-state index is 12.1. The molecule has 1 aromatic heterocycles. The van der Waals surface area contributed by atoms with Crippen LogP contribution in [0.2, 0.25) is 5.02 Å². The van der Waals surface area contributed by atoms with Crippen molar-refractivity contribution in [2.45, 2.75) is 18.9 Å². The number of esters is 1. The second-order valence-electron chi connectivity index (χ2n) is 5.14. The number of aromatic nitrogens is 2. The summed E-state index contributed by atoms with van der Waals surface area (Å²) in [6.45, 7) is 3.42. The molecule has 0 radical (unpaired) electrons. The van der Waals surface area contributed by atoms with Crippen molar-refractivity contribution in [1.29, 1.82) is 0 Å². The van der Waals surface area contributed by atoms with Gasteiger partial charge in [0.15, 0.2) is 0 Å². The van der Waals surface area contributed by atoms with Crippen LogP contribution in [0.4, 0.5) is 5.69 Å². The number of aromatic amines is 1. The van der Waals surface area contributed by atoms with E-state index in [1.807, 2.05) is 6.92 Å². The van der Waals surface area contributed by atoms with Gasteiger partial charge in [-0.15, -0.1) is 0 Å². The molecule has 25 heavy (non-hydrogen) atoms. The summed E-state index contributed by atoms with van der Waals surface area (Å²) in [5, 5.41) is 3.39. The predicted octanol–water partition coefficient (Wildman–Crippen LogP) is 2.56. The van der Waals surface area contributed by atoms with Gasteiger partial charge in [0.25, 0.3) is 0 Å². The molecule has 1 amide bonds. The van der Waals surface area contributed by atoms with Gasteiger partial charge < -0.3 is 15.0 Å². The fourth-order valence-electron chi connectivity index (χ4n) is 2.01. The van der Waals surface area contributed by atoms with Gasteiger partial charge in [0, 0.05) is 16.4 Å². The van der Waals surface area contributed by atoms with E-state index in [1.165, 1.54) is 7.11 Å².